The topological polar surface area (TPSA) is 152 Å². The van der Waals surface area contributed by atoms with Gasteiger partial charge in [0.15, 0.2) is 12.4 Å². The average Bonchev–Trinajstić information content (AvgIpc) is 2.99. The first-order valence-corrected chi connectivity index (χ1v) is 12.8. The molecule has 0 aromatic heterocycles. The number of ketones is 1. The zero-order chi connectivity index (χ0) is 30.2. The molecule has 0 atom stereocenters. The van der Waals surface area contributed by atoms with Crippen LogP contribution >= 0.6 is 0 Å². The van der Waals surface area contributed by atoms with Crippen molar-refractivity contribution in [3.8, 4) is 17.2 Å². The van der Waals surface area contributed by atoms with E-state index in [1.807, 2.05) is 12.1 Å². The summed E-state index contributed by atoms with van der Waals surface area (Å²) in [5.74, 6) is -2.41. The Balaban J connectivity index is 0.000000883. The van der Waals surface area contributed by atoms with Crippen LogP contribution in [0.15, 0.2) is 72.8 Å². The number of para-hydroxylation sites is 1. The fourth-order valence-corrected chi connectivity index (χ4v) is 3.49. The molecule has 0 aliphatic carbocycles. The minimum Gasteiger partial charge on any atom is -0.497 e. The highest BCUT2D eigenvalue weighted by Crippen LogP contribution is 2.23. The molecule has 3 aromatic rings. The number of nitrogens with one attached hydrogen (secondary N) is 1. The molecule has 0 radical (unpaired) electrons. The Morgan fingerprint density at radius 2 is 1.37 bits per heavy atom. The Morgan fingerprint density at radius 1 is 0.780 bits per heavy atom. The lowest BCUT2D eigenvalue weighted by Crippen LogP contribution is -2.27. The molecule has 0 fully saturated rings. The summed E-state index contributed by atoms with van der Waals surface area (Å²) in [4.78, 5) is 45.9. The number of hydrogen-bond donors (Lipinski definition) is 3. The molecule has 0 heterocycles. The predicted molar refractivity (Wildman–Crippen MR) is 152 cm³/mol. The number of likely N-dealkylation sites (N-methyl/N-ethyl adjacent to an activating group) is 1. The number of aliphatic carboxylic acids is 2. The number of anilines is 1. The van der Waals surface area contributed by atoms with Gasteiger partial charge in [0, 0.05) is 17.8 Å². The van der Waals surface area contributed by atoms with Crippen LogP contribution in [0.2, 0.25) is 0 Å². The number of carboxylic acid groups (broad SMARTS) is 2. The van der Waals surface area contributed by atoms with Crippen LogP contribution in [-0.4, -0.2) is 78.7 Å². The maximum Gasteiger partial charge on any atom is 0.414 e. The summed E-state index contributed by atoms with van der Waals surface area (Å²) < 4.78 is 16.6. The average molecular weight is 567 g/mol. The molecule has 0 aliphatic heterocycles. The van der Waals surface area contributed by atoms with E-state index < -0.39 is 11.9 Å². The standard InChI is InChI=1S/C28H32N2O5.C2H2O4/c1-4-30(5-2)18-19-34-24-16-12-22(13-17-24)29-27(31)20-35-26-9-7-6-8-25(26)28(32)21-10-14-23(33-3)15-11-21;3-1(4)2(5)6/h6-17H,4-5,18-20H2,1-3H3,(H,29,31);(H,3,4)(H,5,6). The van der Waals surface area contributed by atoms with Crippen LogP contribution < -0.4 is 19.5 Å². The van der Waals surface area contributed by atoms with Crippen molar-refractivity contribution in [2.45, 2.75) is 13.8 Å². The monoisotopic (exact) mass is 566 g/mol. The summed E-state index contributed by atoms with van der Waals surface area (Å²) >= 11 is 0. The van der Waals surface area contributed by atoms with E-state index in [9.17, 15) is 9.59 Å². The molecular weight excluding hydrogens is 532 g/mol. The van der Waals surface area contributed by atoms with Gasteiger partial charge in [0.1, 0.15) is 23.9 Å². The van der Waals surface area contributed by atoms with E-state index in [0.29, 0.717) is 34.9 Å². The van der Waals surface area contributed by atoms with Gasteiger partial charge in [-0.2, -0.15) is 0 Å². The van der Waals surface area contributed by atoms with E-state index in [0.717, 1.165) is 25.4 Å². The highest BCUT2D eigenvalue weighted by Gasteiger charge is 2.15. The van der Waals surface area contributed by atoms with E-state index in [2.05, 4.69) is 24.1 Å². The van der Waals surface area contributed by atoms with Crippen molar-refractivity contribution < 1.29 is 43.6 Å². The summed E-state index contributed by atoms with van der Waals surface area (Å²) in [5, 5.41) is 17.6. The zero-order valence-electron chi connectivity index (χ0n) is 23.2. The van der Waals surface area contributed by atoms with Crippen LogP contribution in [0.25, 0.3) is 0 Å². The molecule has 11 heteroatoms. The van der Waals surface area contributed by atoms with Crippen molar-refractivity contribution in [2.75, 3.05) is 45.3 Å². The highest BCUT2D eigenvalue weighted by atomic mass is 16.5. The molecule has 3 rings (SSSR count). The lowest BCUT2D eigenvalue weighted by atomic mass is 10.0. The van der Waals surface area contributed by atoms with Gasteiger partial charge in [0.25, 0.3) is 5.91 Å². The first-order valence-electron chi connectivity index (χ1n) is 12.8. The maximum atomic E-state index is 12.9. The minimum absolute atomic E-state index is 0.194. The normalized spacial score (nSPS) is 10.1. The molecule has 218 valence electrons. The number of hydrogen-bond acceptors (Lipinski definition) is 8. The quantitative estimate of drug-likeness (QED) is 0.206. The largest absolute Gasteiger partial charge is 0.497 e. The van der Waals surface area contributed by atoms with Crippen LogP contribution in [0.1, 0.15) is 29.8 Å². The van der Waals surface area contributed by atoms with Gasteiger partial charge in [-0.1, -0.05) is 26.0 Å². The van der Waals surface area contributed by atoms with E-state index in [1.165, 1.54) is 0 Å². The van der Waals surface area contributed by atoms with Crippen molar-refractivity contribution in [2.24, 2.45) is 0 Å². The van der Waals surface area contributed by atoms with E-state index in [1.54, 1.807) is 67.8 Å². The van der Waals surface area contributed by atoms with Crippen molar-refractivity contribution in [1.82, 2.24) is 4.90 Å². The number of amides is 1. The Hall–Kier alpha value is -4.90. The van der Waals surface area contributed by atoms with Gasteiger partial charge in [-0.25, -0.2) is 9.59 Å². The van der Waals surface area contributed by atoms with E-state index in [-0.39, 0.29) is 18.3 Å². The van der Waals surface area contributed by atoms with Gasteiger partial charge in [-0.05, 0) is 73.8 Å². The van der Waals surface area contributed by atoms with Crippen LogP contribution in [0.3, 0.4) is 0 Å². The lowest BCUT2D eigenvalue weighted by molar-refractivity contribution is -0.159. The third-order valence-corrected chi connectivity index (χ3v) is 5.73. The lowest BCUT2D eigenvalue weighted by Gasteiger charge is -2.18. The third kappa shape index (κ3) is 11.0. The Kier molecular flexibility index (Phi) is 13.3. The second-order valence-electron chi connectivity index (χ2n) is 8.40. The second kappa shape index (κ2) is 16.9. The number of carbonyl (C=O) groups is 4. The fraction of sp³-hybridized carbons (Fsp3) is 0.267. The number of methoxy groups -OCH3 is 1. The molecule has 0 aliphatic rings. The molecule has 0 saturated carbocycles. The number of nitrogens with zero attached hydrogens (tertiary/aromatic N) is 1. The predicted octanol–water partition coefficient (Wildman–Crippen LogP) is 3.82. The summed E-state index contributed by atoms with van der Waals surface area (Å²) in [6.45, 7) is 7.49. The number of benzene rings is 3. The number of carbonyl (C=O) groups excluding carboxylic acids is 2. The smallest absolute Gasteiger partial charge is 0.414 e. The van der Waals surface area contributed by atoms with Gasteiger partial charge >= 0.3 is 11.9 Å². The van der Waals surface area contributed by atoms with Gasteiger partial charge in [0.2, 0.25) is 0 Å². The molecule has 0 saturated heterocycles. The van der Waals surface area contributed by atoms with Crippen molar-refractivity contribution in [3.63, 3.8) is 0 Å². The van der Waals surface area contributed by atoms with Crippen LogP contribution in [0.5, 0.6) is 17.2 Å². The molecule has 0 bridgehead atoms. The minimum atomic E-state index is -1.82. The first kappa shape index (κ1) is 32.3. The van der Waals surface area contributed by atoms with Gasteiger partial charge in [0.05, 0.1) is 12.7 Å². The van der Waals surface area contributed by atoms with Gasteiger partial charge < -0.3 is 34.6 Å². The first-order chi connectivity index (χ1) is 19.7. The molecular formula is C30H34N2O9. The van der Waals surface area contributed by atoms with Crippen molar-refractivity contribution >= 4 is 29.3 Å². The summed E-state index contributed by atoms with van der Waals surface area (Å²) in [5.41, 5.74) is 1.53. The molecule has 0 spiro atoms. The van der Waals surface area contributed by atoms with E-state index >= 15 is 0 Å². The van der Waals surface area contributed by atoms with Crippen LogP contribution in [-0.2, 0) is 14.4 Å². The van der Waals surface area contributed by atoms with Crippen LogP contribution in [0.4, 0.5) is 5.69 Å². The second-order valence-corrected chi connectivity index (χ2v) is 8.40. The van der Waals surface area contributed by atoms with Crippen molar-refractivity contribution in [1.29, 1.82) is 0 Å². The van der Waals surface area contributed by atoms with E-state index in [4.69, 9.17) is 34.0 Å². The Labute approximate surface area is 238 Å². The fourth-order valence-electron chi connectivity index (χ4n) is 3.49. The summed E-state index contributed by atoms with van der Waals surface area (Å²) in [7, 11) is 1.57. The molecule has 41 heavy (non-hydrogen) atoms. The summed E-state index contributed by atoms with van der Waals surface area (Å²) in [6.07, 6.45) is 0. The molecule has 3 N–H and O–H groups in total. The highest BCUT2D eigenvalue weighted by molar-refractivity contribution is 6.27. The Morgan fingerprint density at radius 3 is 1.93 bits per heavy atom. The Bertz CT molecular complexity index is 1280. The van der Waals surface area contributed by atoms with Crippen LogP contribution in [0, 0.1) is 0 Å². The van der Waals surface area contributed by atoms with Gasteiger partial charge in [-0.15, -0.1) is 0 Å². The van der Waals surface area contributed by atoms with Gasteiger partial charge in [-0.3, -0.25) is 9.59 Å². The zero-order valence-corrected chi connectivity index (χ0v) is 23.2. The third-order valence-electron chi connectivity index (χ3n) is 5.73. The molecule has 11 nitrogen and oxygen atoms in total. The van der Waals surface area contributed by atoms with Crippen molar-refractivity contribution in [3.05, 3.63) is 83.9 Å². The SMILES string of the molecule is CCN(CC)CCOc1ccc(NC(=O)COc2ccccc2C(=O)c2ccc(OC)cc2)cc1.O=C(O)C(=O)O. The molecule has 1 amide bonds. The molecule has 0 unspecified atom stereocenters. The number of ether oxygens (including phenoxy) is 3. The number of carboxylic acids is 2. The summed E-state index contributed by atoms with van der Waals surface area (Å²) in [6, 6.07) is 20.9. The maximum absolute atomic E-state index is 12.9. The number of rotatable bonds is 13. The molecule has 3 aromatic carbocycles.